The van der Waals surface area contributed by atoms with Crippen LogP contribution in [-0.2, 0) is 10.3 Å². The second-order valence-electron chi connectivity index (χ2n) is 6.07. The molecule has 0 bridgehead atoms. The van der Waals surface area contributed by atoms with E-state index in [9.17, 15) is 9.90 Å². The lowest BCUT2D eigenvalue weighted by Gasteiger charge is -2.39. The number of halogens is 1. The topological polar surface area (TPSA) is 42.2 Å². The van der Waals surface area contributed by atoms with Gasteiger partial charge in [-0.1, -0.05) is 42.0 Å². The molecular weight excluding hydrogens is 330 g/mol. The maximum Gasteiger partial charge on any atom is 0.329 e. The highest BCUT2D eigenvalue weighted by molar-refractivity contribution is 7.71. The summed E-state index contributed by atoms with van der Waals surface area (Å²) in [5.74, 6) is -0.424. The van der Waals surface area contributed by atoms with Crippen molar-refractivity contribution in [2.75, 3.05) is 0 Å². The summed E-state index contributed by atoms with van der Waals surface area (Å²) in [5.41, 5.74) is 0.298. The summed E-state index contributed by atoms with van der Waals surface area (Å²) in [7, 11) is 0. The van der Waals surface area contributed by atoms with Crippen molar-refractivity contribution in [1.29, 1.82) is 0 Å². The van der Waals surface area contributed by atoms with E-state index >= 15 is 0 Å². The Morgan fingerprint density at radius 1 is 1.17 bits per heavy atom. The fourth-order valence-electron chi connectivity index (χ4n) is 3.50. The first kappa shape index (κ1) is 16.2. The number of aromatic nitrogens is 1. The van der Waals surface area contributed by atoms with E-state index in [1.54, 1.807) is 16.8 Å². The van der Waals surface area contributed by atoms with Crippen LogP contribution in [0.2, 0.25) is 5.02 Å². The lowest BCUT2D eigenvalue weighted by Crippen LogP contribution is -2.45. The largest absolute Gasteiger partial charge is 0.479 e. The van der Waals surface area contributed by atoms with Crippen molar-refractivity contribution in [3.05, 3.63) is 63.9 Å². The molecule has 1 saturated carbocycles. The average Bonchev–Trinajstić information content (AvgIpc) is 2.56. The van der Waals surface area contributed by atoms with E-state index < -0.39 is 11.5 Å². The number of aliphatic carboxylic acids is 1. The van der Waals surface area contributed by atoms with Crippen molar-refractivity contribution < 1.29 is 9.90 Å². The second-order valence-corrected chi connectivity index (χ2v) is 6.93. The molecule has 0 radical (unpaired) electrons. The molecule has 0 aliphatic heterocycles. The average molecular weight is 348 g/mol. The first-order valence-corrected chi connectivity index (χ1v) is 8.48. The Morgan fingerprint density at radius 3 is 2.39 bits per heavy atom. The summed E-state index contributed by atoms with van der Waals surface area (Å²) in [4.78, 5) is 12.0. The van der Waals surface area contributed by atoms with Gasteiger partial charge in [0.1, 0.15) is 10.2 Å². The van der Waals surface area contributed by atoms with Crippen molar-refractivity contribution in [3.63, 3.8) is 0 Å². The van der Waals surface area contributed by atoms with Crippen LogP contribution in [0.25, 0.3) is 0 Å². The molecule has 1 N–H and O–H groups in total. The Morgan fingerprint density at radius 2 is 1.83 bits per heavy atom. The fourth-order valence-corrected chi connectivity index (χ4v) is 3.94. The van der Waals surface area contributed by atoms with E-state index in [4.69, 9.17) is 23.8 Å². The lowest BCUT2D eigenvalue weighted by atomic mass is 9.74. The summed E-state index contributed by atoms with van der Waals surface area (Å²) in [6.45, 7) is 0. The minimum absolute atomic E-state index is 0.373. The van der Waals surface area contributed by atoms with Crippen molar-refractivity contribution in [2.24, 2.45) is 0 Å². The third kappa shape index (κ3) is 3.06. The van der Waals surface area contributed by atoms with Gasteiger partial charge in [0.15, 0.2) is 0 Å². The van der Waals surface area contributed by atoms with Gasteiger partial charge in [-0.2, -0.15) is 0 Å². The van der Waals surface area contributed by atoms with Crippen LogP contribution in [0.3, 0.4) is 0 Å². The molecule has 0 unspecified atom stereocenters. The standard InChI is InChI=1S/C18H18ClNO2S/c19-15-6-4-13(5-7-15)14-8-10-18(11-9-14,17(21)22)20-12-2-1-3-16(20)23/h1-7,12,14H,8-11H2,(H,21,22). The first-order chi connectivity index (χ1) is 11.0. The summed E-state index contributed by atoms with van der Waals surface area (Å²) < 4.78 is 2.32. The molecule has 1 heterocycles. The zero-order valence-corrected chi connectivity index (χ0v) is 14.2. The predicted molar refractivity (Wildman–Crippen MR) is 93.5 cm³/mol. The lowest BCUT2D eigenvalue weighted by molar-refractivity contribution is -0.149. The highest BCUT2D eigenvalue weighted by Crippen LogP contribution is 2.42. The molecule has 3 nitrogen and oxygen atoms in total. The van der Waals surface area contributed by atoms with Gasteiger partial charge < -0.3 is 9.67 Å². The molecule has 1 fully saturated rings. The zero-order valence-electron chi connectivity index (χ0n) is 12.6. The summed E-state index contributed by atoms with van der Waals surface area (Å²) in [6, 6.07) is 13.3. The van der Waals surface area contributed by atoms with E-state index in [0.29, 0.717) is 23.4 Å². The Kier molecular flexibility index (Phi) is 4.55. The van der Waals surface area contributed by atoms with Gasteiger partial charge in [0.05, 0.1) is 0 Å². The summed E-state index contributed by atoms with van der Waals surface area (Å²) in [5, 5.41) is 10.6. The molecular formula is C18H18ClNO2S. The summed E-state index contributed by atoms with van der Waals surface area (Å²) in [6.07, 6.45) is 4.59. The van der Waals surface area contributed by atoms with Crippen molar-refractivity contribution in [1.82, 2.24) is 4.57 Å². The third-order valence-corrected chi connectivity index (χ3v) is 5.42. The number of carboxylic acid groups (broad SMARTS) is 1. The van der Waals surface area contributed by atoms with Crippen LogP contribution in [0.5, 0.6) is 0 Å². The number of pyridine rings is 1. The molecule has 2 aromatic rings. The number of hydrogen-bond acceptors (Lipinski definition) is 2. The van der Waals surface area contributed by atoms with Crippen LogP contribution in [0.15, 0.2) is 48.7 Å². The predicted octanol–water partition coefficient (Wildman–Crippen LogP) is 5.01. The van der Waals surface area contributed by atoms with E-state index in [-0.39, 0.29) is 0 Å². The molecule has 1 aliphatic rings. The van der Waals surface area contributed by atoms with Crippen molar-refractivity contribution >= 4 is 29.8 Å². The second kappa shape index (κ2) is 6.46. The molecule has 23 heavy (non-hydrogen) atoms. The SMILES string of the molecule is O=C(O)C1(n2ccccc2=S)CCC(c2ccc(Cl)cc2)CC1. The molecule has 0 atom stereocenters. The Hall–Kier alpha value is -1.65. The maximum absolute atomic E-state index is 12.0. The van der Waals surface area contributed by atoms with Crippen molar-refractivity contribution in [2.45, 2.75) is 37.1 Å². The van der Waals surface area contributed by atoms with Crippen LogP contribution < -0.4 is 0 Å². The minimum Gasteiger partial charge on any atom is -0.479 e. The van der Waals surface area contributed by atoms with Crippen LogP contribution in [0.4, 0.5) is 0 Å². The zero-order chi connectivity index (χ0) is 16.4. The molecule has 3 rings (SSSR count). The number of carbonyl (C=O) groups is 1. The monoisotopic (exact) mass is 347 g/mol. The summed E-state index contributed by atoms with van der Waals surface area (Å²) >= 11 is 11.3. The molecule has 0 spiro atoms. The molecule has 0 amide bonds. The van der Waals surface area contributed by atoms with Crippen molar-refractivity contribution in [3.8, 4) is 0 Å². The molecule has 120 valence electrons. The van der Waals surface area contributed by atoms with Gasteiger partial charge in [0.2, 0.25) is 0 Å². The Labute approximate surface area is 145 Å². The number of rotatable bonds is 3. The van der Waals surface area contributed by atoms with Gasteiger partial charge in [-0.05, 0) is 61.4 Å². The van der Waals surface area contributed by atoms with Gasteiger partial charge in [-0.25, -0.2) is 4.79 Å². The smallest absolute Gasteiger partial charge is 0.329 e. The van der Waals surface area contributed by atoms with Crippen LogP contribution in [0, 0.1) is 4.64 Å². The fraction of sp³-hybridized carbons (Fsp3) is 0.333. The molecule has 5 heteroatoms. The Bertz CT molecular complexity index is 761. The number of benzene rings is 1. The normalized spacial score (nSPS) is 24.3. The quantitative estimate of drug-likeness (QED) is 0.793. The van der Waals surface area contributed by atoms with E-state index in [1.165, 1.54) is 5.56 Å². The van der Waals surface area contributed by atoms with Gasteiger partial charge in [-0.3, -0.25) is 0 Å². The number of carboxylic acids is 1. The highest BCUT2D eigenvalue weighted by atomic mass is 35.5. The van der Waals surface area contributed by atoms with Gasteiger partial charge in [0, 0.05) is 11.2 Å². The van der Waals surface area contributed by atoms with Gasteiger partial charge in [-0.15, -0.1) is 0 Å². The first-order valence-electron chi connectivity index (χ1n) is 7.70. The van der Waals surface area contributed by atoms with Crippen LogP contribution in [0.1, 0.15) is 37.2 Å². The minimum atomic E-state index is -0.929. The van der Waals surface area contributed by atoms with Crippen LogP contribution >= 0.6 is 23.8 Å². The van der Waals surface area contributed by atoms with Crippen LogP contribution in [-0.4, -0.2) is 15.6 Å². The molecule has 1 aliphatic carbocycles. The van der Waals surface area contributed by atoms with Gasteiger partial charge in [0.25, 0.3) is 0 Å². The van der Waals surface area contributed by atoms with Gasteiger partial charge >= 0.3 is 5.97 Å². The number of nitrogens with zero attached hydrogens (tertiary/aromatic N) is 1. The molecule has 0 saturated heterocycles. The molecule has 1 aromatic carbocycles. The number of hydrogen-bond donors (Lipinski definition) is 1. The highest BCUT2D eigenvalue weighted by Gasteiger charge is 2.43. The van der Waals surface area contributed by atoms with E-state index in [2.05, 4.69) is 0 Å². The van der Waals surface area contributed by atoms with E-state index in [0.717, 1.165) is 17.9 Å². The molecule has 1 aromatic heterocycles. The Balaban J connectivity index is 1.87. The maximum atomic E-state index is 12.0. The third-order valence-electron chi connectivity index (χ3n) is 4.84. The van der Waals surface area contributed by atoms with E-state index in [1.807, 2.05) is 36.4 Å².